The minimum atomic E-state index is -4.41. The molecule has 35 heavy (non-hydrogen) atoms. The molecule has 4 nitrogen and oxygen atoms in total. The van der Waals surface area contributed by atoms with Crippen LogP contribution in [0.1, 0.15) is 127 Å². The summed E-state index contributed by atoms with van der Waals surface area (Å²) in [4.78, 5) is 11.0. The zero-order valence-corrected chi connectivity index (χ0v) is 24.1. The Kier molecular flexibility index (Phi) is 8.19. The van der Waals surface area contributed by atoms with Gasteiger partial charge in [-0.1, -0.05) is 99.4 Å². The summed E-state index contributed by atoms with van der Waals surface area (Å²) in [7, 11) is -4.41. The molecule has 194 valence electrons. The van der Waals surface area contributed by atoms with Gasteiger partial charge in [0.25, 0.3) is 0 Å². The lowest BCUT2D eigenvalue weighted by atomic mass is 9.78. The van der Waals surface area contributed by atoms with E-state index in [2.05, 4.69) is 86.6 Å². The van der Waals surface area contributed by atoms with Crippen molar-refractivity contribution < 1.29 is 18.5 Å². The fraction of sp³-hybridized carbons (Fsp3) is 0.600. The molecular weight excluding hydrogens is 455 g/mol. The first-order chi connectivity index (χ1) is 16.2. The molecule has 3 rings (SSSR count). The van der Waals surface area contributed by atoms with Crippen molar-refractivity contribution in [3.8, 4) is 11.5 Å². The van der Waals surface area contributed by atoms with Crippen molar-refractivity contribution >= 4 is 7.82 Å². The number of hydrogen-bond donors (Lipinski definition) is 1. The van der Waals surface area contributed by atoms with Gasteiger partial charge in [0.1, 0.15) is 11.5 Å². The molecule has 0 radical (unpaired) electrons. The van der Waals surface area contributed by atoms with Crippen molar-refractivity contribution in [3.05, 3.63) is 57.6 Å². The van der Waals surface area contributed by atoms with E-state index in [0.717, 1.165) is 60.8 Å². The molecule has 2 aromatic rings. The lowest BCUT2D eigenvalue weighted by molar-refractivity contribution is 0.280. The highest BCUT2D eigenvalue weighted by atomic mass is 31.2. The molecule has 0 aliphatic carbocycles. The molecule has 0 bridgehead atoms. The largest absolute Gasteiger partial charge is 0.584 e. The standard InChI is InChI=1S/C30H45O4P/c1-10-12-14-21-16-23-20(3)24-17-22(15-13-11-2)19-26(30(7,8)9)28(24)34-35(31,32)33-27(23)25(18-21)29(4,5)6/h16-20H,10-15H2,1-9H3,(H,31,32). The molecule has 1 N–H and O–H groups in total. The Balaban J connectivity index is 2.36. The zero-order chi connectivity index (χ0) is 26.2. The van der Waals surface area contributed by atoms with Crippen LogP contribution >= 0.6 is 7.82 Å². The minimum absolute atomic E-state index is 0.0503. The SMILES string of the molecule is CCCCc1cc2c(c(C(C)(C)C)c1)OP(=O)(O)Oc1c(cc(CCCC)cc1C(C)(C)C)C2C. The Bertz CT molecular complexity index is 1020. The first kappa shape index (κ1) is 27.8. The van der Waals surface area contributed by atoms with Crippen molar-refractivity contribution in [1.82, 2.24) is 0 Å². The summed E-state index contributed by atoms with van der Waals surface area (Å²) in [5, 5.41) is 0. The average molecular weight is 501 g/mol. The van der Waals surface area contributed by atoms with E-state index < -0.39 is 7.82 Å². The van der Waals surface area contributed by atoms with E-state index in [1.165, 1.54) is 11.1 Å². The van der Waals surface area contributed by atoms with Gasteiger partial charge >= 0.3 is 7.82 Å². The summed E-state index contributed by atoms with van der Waals surface area (Å²) in [6.07, 6.45) is 6.39. The predicted octanol–water partition coefficient (Wildman–Crippen LogP) is 8.99. The quantitative estimate of drug-likeness (QED) is 0.402. The lowest BCUT2D eigenvalue weighted by Gasteiger charge is -2.34. The Morgan fingerprint density at radius 2 is 1.14 bits per heavy atom. The highest BCUT2D eigenvalue weighted by Gasteiger charge is 2.38. The van der Waals surface area contributed by atoms with E-state index in [9.17, 15) is 9.46 Å². The van der Waals surface area contributed by atoms with Crippen LogP contribution in [0.3, 0.4) is 0 Å². The minimum Gasteiger partial charge on any atom is -0.395 e. The van der Waals surface area contributed by atoms with E-state index in [1.807, 2.05) is 0 Å². The molecule has 0 spiro atoms. The van der Waals surface area contributed by atoms with Crippen molar-refractivity contribution in [3.63, 3.8) is 0 Å². The highest BCUT2D eigenvalue weighted by molar-refractivity contribution is 7.48. The van der Waals surface area contributed by atoms with Gasteiger partial charge in [-0.05, 0) is 47.6 Å². The maximum Gasteiger partial charge on any atom is 0.584 e. The Morgan fingerprint density at radius 3 is 1.46 bits per heavy atom. The molecule has 0 saturated heterocycles. The average Bonchev–Trinajstić information content (AvgIpc) is 2.74. The molecule has 0 fully saturated rings. The van der Waals surface area contributed by atoms with Gasteiger partial charge in [-0.15, -0.1) is 0 Å². The Morgan fingerprint density at radius 1 is 0.771 bits per heavy atom. The Labute approximate surface area is 213 Å². The van der Waals surface area contributed by atoms with Gasteiger partial charge in [-0.3, -0.25) is 4.89 Å². The van der Waals surface area contributed by atoms with E-state index >= 15 is 0 Å². The van der Waals surface area contributed by atoms with E-state index in [-0.39, 0.29) is 16.7 Å². The van der Waals surface area contributed by atoms with Crippen LogP contribution in [-0.2, 0) is 28.2 Å². The van der Waals surface area contributed by atoms with Crippen LogP contribution in [0.4, 0.5) is 0 Å². The van der Waals surface area contributed by atoms with Crippen LogP contribution in [0, 0.1) is 0 Å². The van der Waals surface area contributed by atoms with Gasteiger partial charge < -0.3 is 9.05 Å². The molecule has 0 aromatic heterocycles. The normalized spacial score (nSPS) is 20.2. The molecule has 0 atom stereocenters. The first-order valence-corrected chi connectivity index (χ1v) is 14.7. The van der Waals surface area contributed by atoms with E-state index in [4.69, 9.17) is 9.05 Å². The number of fused-ring (bicyclic) bond motifs is 2. The second-order valence-corrected chi connectivity index (χ2v) is 13.5. The molecule has 0 amide bonds. The predicted molar refractivity (Wildman–Crippen MR) is 146 cm³/mol. The van der Waals surface area contributed by atoms with Crippen LogP contribution in [0.5, 0.6) is 11.5 Å². The van der Waals surface area contributed by atoms with Gasteiger partial charge in [-0.25, -0.2) is 4.57 Å². The maximum absolute atomic E-state index is 13.4. The number of phosphoric acid groups is 1. The van der Waals surface area contributed by atoms with Gasteiger partial charge in [0.15, 0.2) is 0 Å². The van der Waals surface area contributed by atoms with Crippen molar-refractivity contribution in [1.29, 1.82) is 0 Å². The fourth-order valence-corrected chi connectivity index (χ4v) is 5.76. The second kappa shape index (κ2) is 10.3. The van der Waals surface area contributed by atoms with Crippen LogP contribution in [0.15, 0.2) is 24.3 Å². The van der Waals surface area contributed by atoms with E-state index in [0.29, 0.717) is 11.5 Å². The summed E-state index contributed by atoms with van der Waals surface area (Å²) in [5.74, 6) is 0.946. The molecule has 5 heteroatoms. The summed E-state index contributed by atoms with van der Waals surface area (Å²) in [6, 6.07) is 8.69. The molecule has 0 saturated carbocycles. The summed E-state index contributed by atoms with van der Waals surface area (Å²) < 4.78 is 25.3. The van der Waals surface area contributed by atoms with Crippen LogP contribution < -0.4 is 9.05 Å². The highest BCUT2D eigenvalue weighted by Crippen LogP contribution is 2.56. The van der Waals surface area contributed by atoms with Crippen LogP contribution in [0.25, 0.3) is 0 Å². The number of rotatable bonds is 6. The molecular formula is C30H45O4P. The number of phosphoric ester groups is 1. The third kappa shape index (κ3) is 6.33. The number of aryl methyl sites for hydroxylation is 2. The lowest BCUT2D eigenvalue weighted by Crippen LogP contribution is -2.21. The monoisotopic (exact) mass is 500 g/mol. The topological polar surface area (TPSA) is 55.8 Å². The van der Waals surface area contributed by atoms with Crippen LogP contribution in [-0.4, -0.2) is 4.89 Å². The molecule has 1 aliphatic heterocycles. The number of unbranched alkanes of at least 4 members (excludes halogenated alkanes) is 2. The smallest absolute Gasteiger partial charge is 0.395 e. The third-order valence-corrected chi connectivity index (χ3v) is 7.78. The summed E-state index contributed by atoms with van der Waals surface area (Å²) >= 11 is 0. The fourth-order valence-electron chi connectivity index (χ4n) is 4.86. The second-order valence-electron chi connectivity index (χ2n) is 12.2. The Hall–Kier alpha value is -1.77. The summed E-state index contributed by atoms with van der Waals surface area (Å²) in [5.41, 5.74) is 5.82. The molecule has 2 aromatic carbocycles. The first-order valence-electron chi connectivity index (χ1n) is 13.2. The molecule has 1 aliphatic rings. The van der Waals surface area contributed by atoms with Crippen molar-refractivity contribution in [2.75, 3.05) is 0 Å². The van der Waals surface area contributed by atoms with Gasteiger partial charge in [0.05, 0.1) is 0 Å². The number of benzene rings is 2. The van der Waals surface area contributed by atoms with Gasteiger partial charge in [-0.2, -0.15) is 0 Å². The summed E-state index contributed by atoms with van der Waals surface area (Å²) in [6.45, 7) is 19.3. The molecule has 1 heterocycles. The van der Waals surface area contributed by atoms with Crippen LogP contribution in [0.2, 0.25) is 0 Å². The number of hydrogen-bond acceptors (Lipinski definition) is 3. The third-order valence-electron chi connectivity index (χ3n) is 6.96. The maximum atomic E-state index is 13.4. The van der Waals surface area contributed by atoms with Crippen molar-refractivity contribution in [2.45, 2.75) is 118 Å². The molecule has 0 unspecified atom stereocenters. The van der Waals surface area contributed by atoms with Gasteiger partial charge in [0.2, 0.25) is 0 Å². The van der Waals surface area contributed by atoms with Gasteiger partial charge in [0, 0.05) is 28.2 Å². The van der Waals surface area contributed by atoms with E-state index in [1.54, 1.807) is 0 Å². The van der Waals surface area contributed by atoms with Crippen molar-refractivity contribution in [2.24, 2.45) is 0 Å². The zero-order valence-electron chi connectivity index (χ0n) is 23.2.